The van der Waals surface area contributed by atoms with Crippen molar-refractivity contribution in [3.8, 4) is 0 Å². The zero-order valence-corrected chi connectivity index (χ0v) is 15.2. The van der Waals surface area contributed by atoms with Gasteiger partial charge in [0, 0.05) is 40.4 Å². The van der Waals surface area contributed by atoms with E-state index in [9.17, 15) is 0 Å². The first-order chi connectivity index (χ1) is 12.3. The van der Waals surface area contributed by atoms with E-state index in [1.807, 2.05) is 24.5 Å². The normalized spacial score (nSPS) is 11.8. The second-order valence-electron chi connectivity index (χ2n) is 5.66. The summed E-state index contributed by atoms with van der Waals surface area (Å²) in [6, 6.07) is 8.20. The second kappa shape index (κ2) is 11.4. The van der Waals surface area contributed by atoms with E-state index in [1.54, 1.807) is 14.2 Å². The van der Waals surface area contributed by atoms with Crippen molar-refractivity contribution in [2.24, 2.45) is 4.99 Å². The summed E-state index contributed by atoms with van der Waals surface area (Å²) in [5.74, 6) is 0.826. The number of hydrogen-bond acceptors (Lipinski definition) is 4. The third kappa shape index (κ3) is 6.72. The van der Waals surface area contributed by atoms with Gasteiger partial charge in [-0.2, -0.15) is 0 Å². The third-order valence-corrected chi connectivity index (χ3v) is 3.81. The van der Waals surface area contributed by atoms with Gasteiger partial charge in [0.1, 0.15) is 0 Å². The summed E-state index contributed by atoms with van der Waals surface area (Å²) in [6.07, 6.45) is 3.84. The van der Waals surface area contributed by atoms with Crippen molar-refractivity contribution >= 4 is 17.0 Å². The summed E-state index contributed by atoms with van der Waals surface area (Å²) in [6.45, 7) is 4.63. The number of aromatic nitrogens is 2. The smallest absolute Gasteiger partial charge is 0.190 e. The number of guanidine groups is 1. The zero-order chi connectivity index (χ0) is 17.7. The number of para-hydroxylation sites is 2. The van der Waals surface area contributed by atoms with Crippen LogP contribution in [0.25, 0.3) is 11.0 Å². The lowest BCUT2D eigenvalue weighted by molar-refractivity contribution is 0.0698. The van der Waals surface area contributed by atoms with E-state index in [1.165, 1.54) is 5.52 Å². The predicted octanol–water partition coefficient (Wildman–Crippen LogP) is 1.64. The van der Waals surface area contributed by atoms with E-state index >= 15 is 0 Å². The molecule has 138 valence electrons. The first kappa shape index (κ1) is 19.2. The fraction of sp³-hybridized carbons (Fsp3) is 0.556. The van der Waals surface area contributed by atoms with Crippen LogP contribution >= 0.6 is 0 Å². The lowest BCUT2D eigenvalue weighted by Gasteiger charge is -2.12. The van der Waals surface area contributed by atoms with Crippen LogP contribution in [-0.2, 0) is 16.0 Å². The molecule has 1 aromatic heterocycles. The highest BCUT2D eigenvalue weighted by molar-refractivity contribution is 5.79. The first-order valence-corrected chi connectivity index (χ1v) is 8.76. The highest BCUT2D eigenvalue weighted by Gasteiger charge is 2.01. The number of nitrogens with one attached hydrogen (secondary N) is 2. The van der Waals surface area contributed by atoms with Gasteiger partial charge in [-0.1, -0.05) is 12.1 Å². The highest BCUT2D eigenvalue weighted by Crippen LogP contribution is 2.11. The topological polar surface area (TPSA) is 72.7 Å². The number of methoxy groups -OCH3 is 1. The Hall–Kier alpha value is -2.12. The van der Waals surface area contributed by atoms with Crippen LogP contribution in [0.2, 0.25) is 0 Å². The molecule has 0 amide bonds. The highest BCUT2D eigenvalue weighted by atomic mass is 16.5. The molecule has 0 aliphatic carbocycles. The molecular formula is C18H29N5O2. The van der Waals surface area contributed by atoms with Gasteiger partial charge < -0.3 is 24.7 Å². The second-order valence-corrected chi connectivity index (χ2v) is 5.66. The maximum absolute atomic E-state index is 5.43. The SMILES string of the molecule is CN=C(NCCCOCCOC)NCCCn1cnc2ccccc21. The minimum atomic E-state index is 0.642. The molecule has 7 nitrogen and oxygen atoms in total. The molecule has 2 rings (SSSR count). The Labute approximate surface area is 149 Å². The molecule has 0 radical (unpaired) electrons. The number of fused-ring (bicyclic) bond motifs is 1. The largest absolute Gasteiger partial charge is 0.382 e. The number of rotatable bonds is 11. The lowest BCUT2D eigenvalue weighted by atomic mass is 10.3. The van der Waals surface area contributed by atoms with Gasteiger partial charge in [-0.25, -0.2) is 4.98 Å². The van der Waals surface area contributed by atoms with E-state index in [0.717, 1.165) is 50.6 Å². The van der Waals surface area contributed by atoms with Crippen molar-refractivity contribution in [1.82, 2.24) is 20.2 Å². The quantitative estimate of drug-likeness (QED) is 0.367. The molecule has 25 heavy (non-hydrogen) atoms. The summed E-state index contributed by atoms with van der Waals surface area (Å²) >= 11 is 0. The van der Waals surface area contributed by atoms with Crippen molar-refractivity contribution in [3.63, 3.8) is 0 Å². The van der Waals surface area contributed by atoms with E-state index in [2.05, 4.69) is 31.2 Å². The summed E-state index contributed by atoms with van der Waals surface area (Å²) in [4.78, 5) is 8.65. The van der Waals surface area contributed by atoms with Crippen LogP contribution in [0.4, 0.5) is 0 Å². The lowest BCUT2D eigenvalue weighted by Crippen LogP contribution is -2.38. The van der Waals surface area contributed by atoms with Gasteiger partial charge in [-0.15, -0.1) is 0 Å². The zero-order valence-electron chi connectivity index (χ0n) is 15.2. The van der Waals surface area contributed by atoms with Crippen molar-refractivity contribution < 1.29 is 9.47 Å². The van der Waals surface area contributed by atoms with Gasteiger partial charge >= 0.3 is 0 Å². The Morgan fingerprint density at radius 1 is 1.12 bits per heavy atom. The molecule has 2 N–H and O–H groups in total. The van der Waals surface area contributed by atoms with Crippen molar-refractivity contribution in [3.05, 3.63) is 30.6 Å². The van der Waals surface area contributed by atoms with Gasteiger partial charge in [0.05, 0.1) is 30.6 Å². The Morgan fingerprint density at radius 2 is 1.92 bits per heavy atom. The fourth-order valence-electron chi connectivity index (χ4n) is 2.49. The molecule has 0 spiro atoms. The van der Waals surface area contributed by atoms with Gasteiger partial charge in [0.15, 0.2) is 5.96 Å². The van der Waals surface area contributed by atoms with Crippen molar-refractivity contribution in [1.29, 1.82) is 0 Å². The molecule has 0 unspecified atom stereocenters. The third-order valence-electron chi connectivity index (χ3n) is 3.81. The van der Waals surface area contributed by atoms with Crippen LogP contribution in [-0.4, -0.2) is 62.6 Å². The maximum Gasteiger partial charge on any atom is 0.190 e. The Kier molecular flexibility index (Phi) is 8.79. The van der Waals surface area contributed by atoms with Crippen LogP contribution in [0.3, 0.4) is 0 Å². The Morgan fingerprint density at radius 3 is 2.72 bits per heavy atom. The predicted molar refractivity (Wildman–Crippen MR) is 101 cm³/mol. The molecule has 7 heteroatoms. The van der Waals surface area contributed by atoms with Crippen LogP contribution in [0.1, 0.15) is 12.8 Å². The molecule has 0 aliphatic heterocycles. The number of aliphatic imine (C=N–C) groups is 1. The molecule has 2 aromatic rings. The molecular weight excluding hydrogens is 318 g/mol. The summed E-state index contributed by atoms with van der Waals surface area (Å²) < 4.78 is 12.5. The first-order valence-electron chi connectivity index (χ1n) is 8.76. The molecule has 0 bridgehead atoms. The van der Waals surface area contributed by atoms with Gasteiger partial charge in [0.25, 0.3) is 0 Å². The average Bonchev–Trinajstić information content (AvgIpc) is 3.06. The number of imidazole rings is 1. The molecule has 0 fully saturated rings. The number of hydrogen-bond donors (Lipinski definition) is 2. The van der Waals surface area contributed by atoms with Gasteiger partial charge in [0.2, 0.25) is 0 Å². The number of ether oxygens (including phenoxy) is 2. The minimum Gasteiger partial charge on any atom is -0.382 e. The summed E-state index contributed by atoms with van der Waals surface area (Å²) in [5.41, 5.74) is 2.22. The average molecular weight is 347 g/mol. The Bertz CT molecular complexity index is 641. The van der Waals surface area contributed by atoms with Gasteiger partial charge in [-0.3, -0.25) is 4.99 Å². The Balaban J connectivity index is 1.58. The van der Waals surface area contributed by atoms with Crippen LogP contribution < -0.4 is 10.6 Å². The van der Waals surface area contributed by atoms with Crippen LogP contribution in [0.5, 0.6) is 0 Å². The minimum absolute atomic E-state index is 0.642. The molecule has 1 heterocycles. The van der Waals surface area contributed by atoms with E-state index < -0.39 is 0 Å². The van der Waals surface area contributed by atoms with E-state index in [4.69, 9.17) is 9.47 Å². The van der Waals surface area contributed by atoms with E-state index in [-0.39, 0.29) is 0 Å². The summed E-state index contributed by atoms with van der Waals surface area (Å²) in [5, 5.41) is 6.63. The summed E-state index contributed by atoms with van der Waals surface area (Å²) in [7, 11) is 3.46. The molecule has 0 atom stereocenters. The van der Waals surface area contributed by atoms with Gasteiger partial charge in [-0.05, 0) is 25.0 Å². The number of aryl methyl sites for hydroxylation is 1. The van der Waals surface area contributed by atoms with Crippen LogP contribution in [0, 0.1) is 0 Å². The number of benzene rings is 1. The fourth-order valence-corrected chi connectivity index (χ4v) is 2.49. The van der Waals surface area contributed by atoms with Crippen LogP contribution in [0.15, 0.2) is 35.6 Å². The van der Waals surface area contributed by atoms with Crippen molar-refractivity contribution in [2.45, 2.75) is 19.4 Å². The monoisotopic (exact) mass is 347 g/mol. The molecule has 0 aliphatic rings. The molecule has 1 aromatic carbocycles. The molecule has 0 saturated carbocycles. The molecule has 0 saturated heterocycles. The van der Waals surface area contributed by atoms with Crippen molar-refractivity contribution in [2.75, 3.05) is 47.1 Å². The standard InChI is InChI=1S/C18H29N5O2/c1-19-18(21-10-6-12-25-14-13-24-2)20-9-5-11-23-15-22-16-7-3-4-8-17(16)23/h3-4,7-8,15H,5-6,9-14H2,1-2H3,(H2,19,20,21). The van der Waals surface area contributed by atoms with E-state index in [0.29, 0.717) is 13.2 Å². The number of nitrogens with zero attached hydrogens (tertiary/aromatic N) is 3. The maximum atomic E-state index is 5.43.